The van der Waals surface area contributed by atoms with Gasteiger partial charge in [-0.2, -0.15) is 0 Å². The van der Waals surface area contributed by atoms with E-state index in [1.54, 1.807) is 0 Å². The van der Waals surface area contributed by atoms with Crippen molar-refractivity contribution in [2.24, 2.45) is 34.3 Å². The average Bonchev–Trinajstić information content (AvgIpc) is 2.79. The maximum atomic E-state index is 11.4. The van der Waals surface area contributed by atoms with E-state index >= 15 is 0 Å². The lowest BCUT2D eigenvalue weighted by atomic mass is 9.49. The Morgan fingerprint density at radius 3 is 2.88 bits per heavy atom. The molecule has 1 saturated carbocycles. The van der Waals surface area contributed by atoms with Crippen molar-refractivity contribution in [3.8, 4) is 0 Å². The van der Waals surface area contributed by atoms with Crippen LogP contribution in [0.4, 0.5) is 0 Å². The molecule has 0 amide bonds. The molecule has 0 aliphatic heterocycles. The Hall–Kier alpha value is -1.39. The Kier molecular flexibility index (Phi) is 3.79. The number of fused-ring (bicyclic) bond motifs is 5. The largest absolute Gasteiger partial charge is 0.430 e. The van der Waals surface area contributed by atoms with Gasteiger partial charge in [0, 0.05) is 12.3 Å². The zero-order valence-corrected chi connectivity index (χ0v) is 15.4. The summed E-state index contributed by atoms with van der Waals surface area (Å²) in [4.78, 5) is 11.4. The van der Waals surface area contributed by atoms with E-state index < -0.39 is 0 Å². The molecular weight excluding hydrogens is 314 g/mol. The molecule has 1 fully saturated rings. The summed E-state index contributed by atoms with van der Waals surface area (Å²) in [7, 11) is 0. The number of esters is 1. The molecule has 4 heteroatoms. The second-order valence-corrected chi connectivity index (χ2v) is 8.86. The van der Waals surface area contributed by atoms with Gasteiger partial charge in [-0.1, -0.05) is 37.6 Å². The Balaban J connectivity index is 1.70. The van der Waals surface area contributed by atoms with E-state index in [0.717, 1.165) is 25.7 Å². The van der Waals surface area contributed by atoms with Crippen LogP contribution < -0.4 is 5.73 Å². The second kappa shape index (κ2) is 5.55. The van der Waals surface area contributed by atoms with Crippen LogP contribution in [0, 0.1) is 28.6 Å². The van der Waals surface area contributed by atoms with Gasteiger partial charge in [-0.25, -0.2) is 0 Å². The van der Waals surface area contributed by atoms with Crippen molar-refractivity contribution in [2.75, 3.05) is 0 Å². The summed E-state index contributed by atoms with van der Waals surface area (Å²) in [6.45, 7) is 6.02. The highest BCUT2D eigenvalue weighted by atomic mass is 16.5. The highest BCUT2D eigenvalue weighted by Gasteiger charge is 2.58. The van der Waals surface area contributed by atoms with Crippen molar-refractivity contribution < 1.29 is 14.6 Å². The molecule has 25 heavy (non-hydrogen) atoms. The molecule has 4 aliphatic carbocycles. The van der Waals surface area contributed by atoms with Crippen LogP contribution in [0.15, 0.2) is 35.6 Å². The first-order chi connectivity index (χ1) is 11.8. The first-order valence-corrected chi connectivity index (χ1v) is 9.48. The maximum absolute atomic E-state index is 11.4. The van der Waals surface area contributed by atoms with Crippen LogP contribution in [0.5, 0.6) is 0 Å². The van der Waals surface area contributed by atoms with Gasteiger partial charge in [-0.15, -0.1) is 0 Å². The summed E-state index contributed by atoms with van der Waals surface area (Å²) in [6.07, 6.45) is 12.3. The van der Waals surface area contributed by atoms with Crippen LogP contribution in [0.2, 0.25) is 0 Å². The molecule has 4 nitrogen and oxygen atoms in total. The van der Waals surface area contributed by atoms with Gasteiger partial charge in [0.25, 0.3) is 0 Å². The Morgan fingerprint density at radius 2 is 2.16 bits per heavy atom. The molecule has 0 radical (unpaired) electrons. The van der Waals surface area contributed by atoms with Crippen molar-refractivity contribution in [1.29, 1.82) is 0 Å². The third-order valence-electron chi connectivity index (χ3n) is 7.55. The number of carbonyl (C=O) groups is 1. The predicted molar refractivity (Wildman–Crippen MR) is 96.2 cm³/mol. The lowest BCUT2D eigenvalue weighted by Gasteiger charge is -2.56. The number of allylic oxidation sites excluding steroid dienone is 3. The quantitative estimate of drug-likeness (QED) is 0.567. The van der Waals surface area contributed by atoms with Crippen molar-refractivity contribution in [1.82, 2.24) is 0 Å². The fourth-order valence-corrected chi connectivity index (χ4v) is 6.06. The molecule has 0 saturated heterocycles. The van der Waals surface area contributed by atoms with Crippen LogP contribution in [0.1, 0.15) is 46.5 Å². The zero-order valence-electron chi connectivity index (χ0n) is 15.4. The summed E-state index contributed by atoms with van der Waals surface area (Å²) in [5.74, 6) is 1.77. The first kappa shape index (κ1) is 17.0. The molecule has 136 valence electrons. The van der Waals surface area contributed by atoms with Crippen LogP contribution >= 0.6 is 0 Å². The van der Waals surface area contributed by atoms with E-state index in [0.29, 0.717) is 23.5 Å². The second-order valence-electron chi connectivity index (χ2n) is 8.86. The standard InChI is InChI=1S/C21H29NO3/c1-12(23)25-18-11-17-15-5-4-13-10-14(24)6-8-20(13,2)16(15)7-9-21(17,3)19(18)22/h4,6,8,11,14-17,19,24H,5,7,9-10,22H2,1-3H3/t14-,15+,16-,17-,19-,20-,21-/m0/s1. The first-order valence-electron chi connectivity index (χ1n) is 9.48. The molecule has 4 aliphatic rings. The van der Waals surface area contributed by atoms with Gasteiger partial charge < -0.3 is 15.6 Å². The molecule has 0 heterocycles. The van der Waals surface area contributed by atoms with Gasteiger partial charge in [-0.05, 0) is 54.9 Å². The summed E-state index contributed by atoms with van der Waals surface area (Å²) in [6, 6.07) is -0.204. The van der Waals surface area contributed by atoms with Gasteiger partial charge in [0.2, 0.25) is 0 Å². The molecule has 0 unspecified atom stereocenters. The van der Waals surface area contributed by atoms with Crippen molar-refractivity contribution >= 4 is 5.97 Å². The molecule has 0 aromatic carbocycles. The molecule has 0 bridgehead atoms. The van der Waals surface area contributed by atoms with Crippen LogP contribution in [0.3, 0.4) is 0 Å². The predicted octanol–water partition coefficient (Wildman–Crippen LogP) is 3.08. The van der Waals surface area contributed by atoms with E-state index in [-0.39, 0.29) is 28.9 Å². The van der Waals surface area contributed by atoms with Gasteiger partial charge in [0.1, 0.15) is 5.76 Å². The van der Waals surface area contributed by atoms with Crippen LogP contribution in [0.25, 0.3) is 0 Å². The fraction of sp³-hybridized carbons (Fsp3) is 0.667. The van der Waals surface area contributed by atoms with Crippen LogP contribution in [-0.4, -0.2) is 23.2 Å². The number of hydrogen-bond acceptors (Lipinski definition) is 4. The molecule has 0 aromatic heterocycles. The highest BCUT2D eigenvalue weighted by molar-refractivity contribution is 5.67. The number of hydrogen-bond donors (Lipinski definition) is 2. The van der Waals surface area contributed by atoms with E-state index in [1.165, 1.54) is 12.5 Å². The minimum Gasteiger partial charge on any atom is -0.430 e. The Labute approximate surface area is 149 Å². The van der Waals surface area contributed by atoms with Crippen LogP contribution in [-0.2, 0) is 9.53 Å². The Bertz CT molecular complexity index is 693. The zero-order chi connectivity index (χ0) is 18.0. The van der Waals surface area contributed by atoms with Gasteiger partial charge in [-0.3, -0.25) is 4.79 Å². The fourth-order valence-electron chi connectivity index (χ4n) is 6.06. The van der Waals surface area contributed by atoms with Crippen molar-refractivity contribution in [2.45, 2.75) is 58.6 Å². The summed E-state index contributed by atoms with van der Waals surface area (Å²) in [5, 5.41) is 10.0. The van der Waals surface area contributed by atoms with E-state index in [4.69, 9.17) is 10.5 Å². The summed E-state index contributed by atoms with van der Waals surface area (Å²) >= 11 is 0. The van der Waals surface area contributed by atoms with Crippen molar-refractivity contribution in [3.05, 3.63) is 35.6 Å². The SMILES string of the molecule is CC(=O)OC1=C[C@H]2[C@@H]3CC=C4C[C@@H](O)C=C[C@]4(C)[C@H]3CC[C@]2(C)[C@H]1N. The normalized spacial score (nSPS) is 48.0. The maximum Gasteiger partial charge on any atom is 0.307 e. The lowest BCUT2D eigenvalue weighted by molar-refractivity contribution is -0.137. The monoisotopic (exact) mass is 343 g/mol. The highest BCUT2D eigenvalue weighted by Crippen LogP contribution is 2.63. The molecule has 0 spiro atoms. The number of ether oxygens (including phenoxy) is 1. The topological polar surface area (TPSA) is 72.5 Å². The average molecular weight is 343 g/mol. The summed E-state index contributed by atoms with van der Waals surface area (Å²) in [5.41, 5.74) is 7.90. The smallest absolute Gasteiger partial charge is 0.307 e. The number of aliphatic hydroxyl groups is 1. The molecule has 4 rings (SSSR count). The van der Waals surface area contributed by atoms with Crippen molar-refractivity contribution in [3.63, 3.8) is 0 Å². The van der Waals surface area contributed by atoms with E-state index in [1.807, 2.05) is 6.08 Å². The molecule has 0 aromatic rings. The lowest BCUT2D eigenvalue weighted by Crippen LogP contribution is -2.52. The van der Waals surface area contributed by atoms with E-state index in [9.17, 15) is 9.90 Å². The molecule has 3 N–H and O–H groups in total. The van der Waals surface area contributed by atoms with Gasteiger partial charge >= 0.3 is 5.97 Å². The van der Waals surface area contributed by atoms with Gasteiger partial charge in [0.05, 0.1) is 12.1 Å². The number of carbonyl (C=O) groups excluding carboxylic acids is 1. The minimum absolute atomic E-state index is 0.0333. The molecular formula is C21H29NO3. The number of aliphatic hydroxyl groups excluding tert-OH is 1. The number of rotatable bonds is 1. The Morgan fingerprint density at radius 1 is 1.40 bits per heavy atom. The third-order valence-corrected chi connectivity index (χ3v) is 7.55. The van der Waals surface area contributed by atoms with Gasteiger partial charge in [0.15, 0.2) is 0 Å². The number of nitrogens with two attached hydrogens (primary N) is 1. The molecule has 7 atom stereocenters. The summed E-state index contributed by atoms with van der Waals surface area (Å²) < 4.78 is 5.44. The van der Waals surface area contributed by atoms with E-state index in [2.05, 4.69) is 32.1 Å². The minimum atomic E-state index is -0.347. The third kappa shape index (κ3) is 2.37.